The van der Waals surface area contributed by atoms with Gasteiger partial charge in [-0.2, -0.15) is 10.2 Å². The Morgan fingerprint density at radius 1 is 1.09 bits per heavy atom. The van der Waals surface area contributed by atoms with Gasteiger partial charge in [0.15, 0.2) is 6.10 Å². The highest BCUT2D eigenvalue weighted by atomic mass is 32.1. The first-order valence-electron chi connectivity index (χ1n) is 10.9. The van der Waals surface area contributed by atoms with Crippen LogP contribution in [0, 0.1) is 0 Å². The number of hydrogen-bond donors (Lipinski definition) is 2. The minimum Gasteiger partial charge on any atom is -0.406 e. The first-order chi connectivity index (χ1) is 16.8. The Balaban J connectivity index is 1.32. The number of alkyl halides is 3. The summed E-state index contributed by atoms with van der Waals surface area (Å²) < 4.78 is 46.7. The number of ether oxygens (including phenoxy) is 2. The second-order valence-electron chi connectivity index (χ2n) is 7.98. The second kappa shape index (κ2) is 11.0. The van der Waals surface area contributed by atoms with Crippen molar-refractivity contribution in [2.75, 3.05) is 17.7 Å². The molecule has 0 saturated heterocycles. The minimum atomic E-state index is -4.84. The van der Waals surface area contributed by atoms with Crippen LogP contribution in [0.15, 0.2) is 42.6 Å². The van der Waals surface area contributed by atoms with Crippen LogP contribution < -0.4 is 15.4 Å². The molecule has 1 amide bonds. The maximum atomic E-state index is 12.7. The van der Waals surface area contributed by atoms with E-state index >= 15 is 0 Å². The smallest absolute Gasteiger partial charge is 0.406 e. The van der Waals surface area contributed by atoms with E-state index in [9.17, 15) is 18.0 Å². The highest BCUT2D eigenvalue weighted by molar-refractivity contribution is 7.19. The average Bonchev–Trinajstić information content (AvgIpc) is 3.26. The molecule has 1 aromatic carbocycles. The lowest BCUT2D eigenvalue weighted by atomic mass is 9.84. The zero-order valence-corrected chi connectivity index (χ0v) is 19.5. The van der Waals surface area contributed by atoms with Crippen LogP contribution in [0.4, 0.5) is 23.4 Å². The first-order valence-corrected chi connectivity index (χ1v) is 11.7. The summed E-state index contributed by atoms with van der Waals surface area (Å²) in [6, 6.07) is 9.19. The van der Waals surface area contributed by atoms with E-state index < -0.39 is 24.1 Å². The lowest BCUT2D eigenvalue weighted by molar-refractivity contribution is -0.274. The standard InChI is InChI=1S/C22H23F3N6O3S/c1-33-18(14-4-2-5-16(12-14)34-22(23,24)25)19(32)28-21-31-30-20(35-21)27-15-9-7-13(8-10-15)17-6-3-11-26-29-17/h2-6,11-13,15,18H,7-10H2,1H3,(H,27,30)(H,28,31,32)/t13-,15-,18-/m0/s1. The molecule has 0 aliphatic heterocycles. The molecular weight excluding hydrogens is 485 g/mol. The number of aromatic nitrogens is 4. The fraction of sp³-hybridized carbons (Fsp3) is 0.409. The predicted octanol–water partition coefficient (Wildman–Crippen LogP) is 4.69. The molecule has 4 rings (SSSR count). The van der Waals surface area contributed by atoms with Gasteiger partial charge in [-0.05, 0) is 55.5 Å². The number of benzene rings is 1. The van der Waals surface area contributed by atoms with Gasteiger partial charge in [0.05, 0.1) is 5.69 Å². The van der Waals surface area contributed by atoms with Gasteiger partial charge >= 0.3 is 6.36 Å². The molecule has 2 aromatic heterocycles. The topological polar surface area (TPSA) is 111 Å². The molecule has 13 heteroatoms. The van der Waals surface area contributed by atoms with Crippen LogP contribution in [0.5, 0.6) is 5.75 Å². The fourth-order valence-electron chi connectivity index (χ4n) is 4.01. The van der Waals surface area contributed by atoms with Crippen LogP contribution >= 0.6 is 11.3 Å². The van der Waals surface area contributed by atoms with Crippen LogP contribution in [0.25, 0.3) is 0 Å². The Morgan fingerprint density at radius 2 is 1.86 bits per heavy atom. The number of nitrogens with one attached hydrogen (secondary N) is 2. The number of hydrogen-bond acceptors (Lipinski definition) is 9. The predicted molar refractivity (Wildman–Crippen MR) is 122 cm³/mol. The van der Waals surface area contributed by atoms with Crippen LogP contribution in [-0.4, -0.2) is 45.8 Å². The Labute approximate surface area is 203 Å². The van der Waals surface area contributed by atoms with E-state index in [-0.39, 0.29) is 16.7 Å². The van der Waals surface area contributed by atoms with E-state index in [1.54, 1.807) is 6.20 Å². The monoisotopic (exact) mass is 508 g/mol. The quantitative estimate of drug-likeness (QED) is 0.451. The summed E-state index contributed by atoms with van der Waals surface area (Å²) >= 11 is 1.17. The van der Waals surface area contributed by atoms with Crippen LogP contribution in [0.1, 0.15) is 49.0 Å². The molecule has 1 fully saturated rings. The van der Waals surface area contributed by atoms with Crippen LogP contribution in [-0.2, 0) is 9.53 Å². The number of anilines is 2. The summed E-state index contributed by atoms with van der Waals surface area (Å²) in [6.45, 7) is 0. The van der Waals surface area contributed by atoms with Gasteiger partial charge in [0, 0.05) is 25.3 Å². The maximum absolute atomic E-state index is 12.7. The molecule has 9 nitrogen and oxygen atoms in total. The zero-order chi connectivity index (χ0) is 24.8. The highest BCUT2D eigenvalue weighted by Crippen LogP contribution is 2.34. The molecular formula is C22H23F3N6O3S. The van der Waals surface area contributed by atoms with E-state index in [0.717, 1.165) is 43.5 Å². The van der Waals surface area contributed by atoms with Crippen molar-refractivity contribution in [3.05, 3.63) is 53.9 Å². The molecule has 35 heavy (non-hydrogen) atoms. The summed E-state index contributed by atoms with van der Waals surface area (Å²) in [5, 5.41) is 23.0. The molecule has 0 unspecified atom stereocenters. The molecule has 1 atom stereocenters. The summed E-state index contributed by atoms with van der Waals surface area (Å²) in [6.07, 6.45) is -0.514. The third-order valence-corrected chi connectivity index (χ3v) is 6.36. The number of amides is 1. The second-order valence-corrected chi connectivity index (χ2v) is 8.96. The van der Waals surface area contributed by atoms with Crippen molar-refractivity contribution in [3.63, 3.8) is 0 Å². The Morgan fingerprint density at radius 3 is 2.54 bits per heavy atom. The number of rotatable bonds is 8. The van der Waals surface area contributed by atoms with Gasteiger partial charge in [-0.1, -0.05) is 23.5 Å². The molecule has 1 aliphatic carbocycles. The molecule has 2 N–H and O–H groups in total. The number of carbonyl (C=O) groups excluding carboxylic acids is 1. The molecule has 0 bridgehead atoms. The number of carbonyl (C=O) groups is 1. The van der Waals surface area contributed by atoms with E-state index in [1.807, 2.05) is 12.1 Å². The van der Waals surface area contributed by atoms with Gasteiger partial charge in [0.1, 0.15) is 5.75 Å². The van der Waals surface area contributed by atoms with Crippen LogP contribution in [0.2, 0.25) is 0 Å². The van der Waals surface area contributed by atoms with Crippen molar-refractivity contribution in [2.45, 2.75) is 50.1 Å². The average molecular weight is 509 g/mol. The van der Waals surface area contributed by atoms with Gasteiger partial charge in [0.2, 0.25) is 10.3 Å². The van der Waals surface area contributed by atoms with Gasteiger partial charge in [-0.15, -0.1) is 23.4 Å². The van der Waals surface area contributed by atoms with Gasteiger partial charge in [0.25, 0.3) is 5.91 Å². The lowest BCUT2D eigenvalue weighted by Gasteiger charge is -2.28. The summed E-state index contributed by atoms with van der Waals surface area (Å²) in [5.74, 6) is -0.651. The SMILES string of the molecule is CO[C@H](C(=O)Nc1nnc(N[C@H]2CC[C@H](c3cccnn3)CC2)s1)c1cccc(OC(F)(F)F)c1. The number of methoxy groups -OCH3 is 1. The molecule has 1 saturated carbocycles. The molecule has 2 heterocycles. The number of halogens is 3. The summed E-state index contributed by atoms with van der Waals surface area (Å²) in [7, 11) is 1.28. The molecule has 0 radical (unpaired) electrons. The third-order valence-electron chi connectivity index (χ3n) is 5.59. The summed E-state index contributed by atoms with van der Waals surface area (Å²) in [5.41, 5.74) is 1.21. The molecule has 186 valence electrons. The Hall–Kier alpha value is -3.32. The zero-order valence-electron chi connectivity index (χ0n) is 18.7. The van der Waals surface area contributed by atoms with E-state index in [0.29, 0.717) is 11.0 Å². The van der Waals surface area contributed by atoms with Crippen molar-refractivity contribution in [1.82, 2.24) is 20.4 Å². The van der Waals surface area contributed by atoms with Crippen molar-refractivity contribution in [2.24, 2.45) is 0 Å². The molecule has 0 spiro atoms. The normalized spacial score (nSPS) is 19.1. The van der Waals surface area contributed by atoms with Crippen molar-refractivity contribution >= 4 is 27.5 Å². The molecule has 3 aromatic rings. The van der Waals surface area contributed by atoms with Crippen molar-refractivity contribution in [1.29, 1.82) is 0 Å². The molecule has 1 aliphatic rings. The first kappa shape index (κ1) is 24.8. The van der Waals surface area contributed by atoms with Gasteiger partial charge in [-0.25, -0.2) is 0 Å². The minimum absolute atomic E-state index is 0.203. The van der Waals surface area contributed by atoms with Gasteiger partial charge < -0.3 is 14.8 Å². The largest absolute Gasteiger partial charge is 0.573 e. The highest BCUT2D eigenvalue weighted by Gasteiger charge is 2.32. The van der Waals surface area contributed by atoms with E-state index in [1.165, 1.54) is 30.6 Å². The van der Waals surface area contributed by atoms with Crippen molar-refractivity contribution in [3.8, 4) is 5.75 Å². The maximum Gasteiger partial charge on any atom is 0.573 e. The Kier molecular flexibility index (Phi) is 7.76. The fourth-order valence-corrected chi connectivity index (χ4v) is 4.74. The third kappa shape index (κ3) is 6.85. The van der Waals surface area contributed by atoms with Crippen LogP contribution in [0.3, 0.4) is 0 Å². The van der Waals surface area contributed by atoms with E-state index in [2.05, 4.69) is 35.8 Å². The lowest BCUT2D eigenvalue weighted by Crippen LogP contribution is -2.25. The van der Waals surface area contributed by atoms with Crippen molar-refractivity contribution < 1.29 is 27.4 Å². The number of nitrogens with zero attached hydrogens (tertiary/aromatic N) is 4. The van der Waals surface area contributed by atoms with Gasteiger partial charge in [-0.3, -0.25) is 10.1 Å². The Bertz CT molecular complexity index is 1120. The van der Waals surface area contributed by atoms with E-state index in [4.69, 9.17) is 4.74 Å². The summed E-state index contributed by atoms with van der Waals surface area (Å²) in [4.78, 5) is 12.7.